The third kappa shape index (κ3) is 2.51. The first kappa shape index (κ1) is 11.1. The van der Waals surface area contributed by atoms with Gasteiger partial charge in [0.05, 0.1) is 11.9 Å². The lowest BCUT2D eigenvalue weighted by Gasteiger charge is -1.99. The molecule has 0 aromatic heterocycles. The second-order valence-corrected chi connectivity index (χ2v) is 2.73. The van der Waals surface area contributed by atoms with E-state index in [1.807, 2.05) is 18.2 Å². The van der Waals surface area contributed by atoms with E-state index in [0.717, 1.165) is 17.9 Å². The number of fused-ring (bicyclic) bond motifs is 1. The summed E-state index contributed by atoms with van der Waals surface area (Å²) in [7, 11) is 0. The minimum Gasteiger partial charge on any atom is -0.454 e. The predicted octanol–water partition coefficient (Wildman–Crippen LogP) is 1.05. The first-order valence-electron chi connectivity index (χ1n) is 4.15. The molecule has 0 bridgehead atoms. The topological polar surface area (TPSA) is 64.7 Å². The van der Waals surface area contributed by atoms with Gasteiger partial charge in [-0.15, -0.1) is 0 Å². The molecular formula is C9H12ClNO3. The maximum absolute atomic E-state index is 6.47. The molecule has 78 valence electrons. The summed E-state index contributed by atoms with van der Waals surface area (Å²) in [6, 6.07) is 5.92. The highest BCUT2D eigenvalue weighted by atomic mass is 35.5. The Morgan fingerprint density at radius 1 is 1.29 bits per heavy atom. The molecule has 1 aromatic carbocycles. The highest BCUT2D eigenvalue weighted by Crippen LogP contribution is 2.32. The van der Waals surface area contributed by atoms with Gasteiger partial charge in [0.2, 0.25) is 6.79 Å². The zero-order valence-corrected chi connectivity index (χ0v) is 8.33. The van der Waals surface area contributed by atoms with Gasteiger partial charge in [-0.25, -0.2) is 0 Å². The first-order chi connectivity index (χ1) is 6.90. The van der Waals surface area contributed by atoms with E-state index in [0.29, 0.717) is 13.3 Å². The summed E-state index contributed by atoms with van der Waals surface area (Å²) in [6.45, 7) is 1.00. The lowest BCUT2D eigenvalue weighted by Crippen LogP contribution is -2.02. The fraction of sp³-hybridized carbons (Fsp3) is 0.333. The average Bonchev–Trinajstić information content (AvgIpc) is 2.68. The van der Waals surface area contributed by atoms with Crippen LogP contribution in [0.2, 0.25) is 0 Å². The van der Waals surface area contributed by atoms with E-state index in [1.165, 1.54) is 5.56 Å². The fourth-order valence-electron chi connectivity index (χ4n) is 1.26. The number of nitrogens with two attached hydrogens (primary N) is 1. The van der Waals surface area contributed by atoms with Gasteiger partial charge in [0.15, 0.2) is 11.5 Å². The molecule has 0 amide bonds. The molecule has 0 saturated carbocycles. The summed E-state index contributed by atoms with van der Waals surface area (Å²) in [6.07, 6.45) is 0.886. The Balaban J connectivity index is 0.000000461. The molecular weight excluding hydrogens is 206 g/mol. The van der Waals surface area contributed by atoms with Crippen molar-refractivity contribution in [1.82, 2.24) is 0 Å². The number of ether oxygens (including phenoxy) is 2. The summed E-state index contributed by atoms with van der Waals surface area (Å²) in [5, 5.41) is 0. The molecule has 0 unspecified atom stereocenters. The van der Waals surface area contributed by atoms with Crippen LogP contribution in [-0.2, 0) is 6.42 Å². The van der Waals surface area contributed by atoms with Crippen LogP contribution in [0, 0.1) is 0 Å². The van der Waals surface area contributed by atoms with Crippen molar-refractivity contribution in [3.05, 3.63) is 23.8 Å². The molecule has 4 nitrogen and oxygen atoms in total. The Hall–Kier alpha value is -0.970. The van der Waals surface area contributed by atoms with Crippen LogP contribution in [0.25, 0.3) is 0 Å². The van der Waals surface area contributed by atoms with Gasteiger partial charge < -0.3 is 15.2 Å². The zero-order chi connectivity index (χ0) is 10.4. The van der Waals surface area contributed by atoms with Gasteiger partial charge in [-0.05, 0) is 30.7 Å². The molecule has 14 heavy (non-hydrogen) atoms. The minimum atomic E-state index is 0.335. The van der Waals surface area contributed by atoms with Crippen molar-refractivity contribution in [3.63, 3.8) is 0 Å². The Labute approximate surface area is 87.4 Å². The van der Waals surface area contributed by atoms with Crippen molar-refractivity contribution >= 4 is 11.9 Å². The Morgan fingerprint density at radius 3 is 2.71 bits per heavy atom. The lowest BCUT2D eigenvalue weighted by atomic mass is 10.1. The van der Waals surface area contributed by atoms with Crippen molar-refractivity contribution < 1.29 is 14.1 Å². The summed E-state index contributed by atoms with van der Waals surface area (Å²) in [4.78, 5) is 0. The van der Waals surface area contributed by atoms with E-state index in [-0.39, 0.29) is 0 Å². The largest absolute Gasteiger partial charge is 0.454 e. The van der Waals surface area contributed by atoms with Crippen LogP contribution < -0.4 is 15.2 Å². The zero-order valence-electron chi connectivity index (χ0n) is 7.57. The SMILES string of the molecule is NCCc1ccc2c(c1)OCO2.OCl. The van der Waals surface area contributed by atoms with E-state index < -0.39 is 0 Å². The van der Waals surface area contributed by atoms with E-state index in [2.05, 4.69) is 11.9 Å². The number of hydrogen-bond acceptors (Lipinski definition) is 4. The number of benzene rings is 1. The van der Waals surface area contributed by atoms with E-state index in [4.69, 9.17) is 19.9 Å². The molecule has 0 atom stereocenters. The smallest absolute Gasteiger partial charge is 0.231 e. The lowest BCUT2D eigenvalue weighted by molar-refractivity contribution is 0.174. The van der Waals surface area contributed by atoms with E-state index in [1.54, 1.807) is 0 Å². The summed E-state index contributed by atoms with van der Waals surface area (Å²) < 4.78 is 16.9. The van der Waals surface area contributed by atoms with Gasteiger partial charge in [0.1, 0.15) is 0 Å². The second kappa shape index (κ2) is 5.70. The molecule has 0 spiro atoms. The van der Waals surface area contributed by atoms with Crippen LogP contribution in [0.15, 0.2) is 18.2 Å². The molecule has 1 aliphatic rings. The van der Waals surface area contributed by atoms with Gasteiger partial charge in [-0.1, -0.05) is 6.07 Å². The molecule has 2 rings (SSSR count). The van der Waals surface area contributed by atoms with Crippen molar-refractivity contribution in [2.45, 2.75) is 6.42 Å². The number of hydrogen-bond donors (Lipinski definition) is 2. The number of rotatable bonds is 2. The van der Waals surface area contributed by atoms with Gasteiger partial charge in [0, 0.05) is 0 Å². The van der Waals surface area contributed by atoms with Crippen LogP contribution in [0.3, 0.4) is 0 Å². The van der Waals surface area contributed by atoms with Crippen molar-refractivity contribution in [2.24, 2.45) is 5.73 Å². The Morgan fingerprint density at radius 2 is 2.00 bits per heavy atom. The first-order valence-corrected chi connectivity index (χ1v) is 4.49. The fourth-order valence-corrected chi connectivity index (χ4v) is 1.26. The molecule has 0 aliphatic carbocycles. The highest BCUT2D eigenvalue weighted by molar-refractivity contribution is 6.04. The van der Waals surface area contributed by atoms with Crippen LogP contribution in [0.5, 0.6) is 11.5 Å². The molecule has 1 aliphatic heterocycles. The van der Waals surface area contributed by atoms with Crippen molar-refractivity contribution in [3.8, 4) is 11.5 Å². The maximum Gasteiger partial charge on any atom is 0.231 e. The Bertz CT molecular complexity index is 293. The summed E-state index contributed by atoms with van der Waals surface area (Å²) in [5.41, 5.74) is 6.63. The third-order valence-corrected chi connectivity index (χ3v) is 1.87. The van der Waals surface area contributed by atoms with Crippen LogP contribution >= 0.6 is 11.9 Å². The van der Waals surface area contributed by atoms with Gasteiger partial charge in [0.25, 0.3) is 0 Å². The normalized spacial score (nSPS) is 11.9. The molecule has 0 fully saturated rings. The van der Waals surface area contributed by atoms with Gasteiger partial charge >= 0.3 is 0 Å². The van der Waals surface area contributed by atoms with Crippen LogP contribution in [0.4, 0.5) is 0 Å². The van der Waals surface area contributed by atoms with Crippen LogP contribution in [0.1, 0.15) is 5.56 Å². The number of halogens is 1. The third-order valence-electron chi connectivity index (χ3n) is 1.87. The van der Waals surface area contributed by atoms with Crippen molar-refractivity contribution in [2.75, 3.05) is 13.3 Å². The molecule has 1 heterocycles. The van der Waals surface area contributed by atoms with E-state index >= 15 is 0 Å². The molecule has 0 saturated heterocycles. The highest BCUT2D eigenvalue weighted by Gasteiger charge is 2.12. The van der Waals surface area contributed by atoms with Crippen LogP contribution in [-0.4, -0.2) is 18.0 Å². The van der Waals surface area contributed by atoms with Gasteiger partial charge in [-0.3, -0.25) is 4.66 Å². The standard InChI is InChI=1S/C9H11NO2.ClHO/c10-4-3-7-1-2-8-9(5-7)12-6-11-8;1-2/h1-2,5H,3-4,6,10H2;2H. The van der Waals surface area contributed by atoms with Gasteiger partial charge in [-0.2, -0.15) is 0 Å². The maximum atomic E-state index is 6.47. The average molecular weight is 218 g/mol. The quantitative estimate of drug-likeness (QED) is 0.777. The second-order valence-electron chi connectivity index (χ2n) is 2.73. The van der Waals surface area contributed by atoms with Crippen molar-refractivity contribution in [1.29, 1.82) is 0 Å². The predicted molar refractivity (Wildman–Crippen MR) is 53.4 cm³/mol. The van der Waals surface area contributed by atoms with E-state index in [9.17, 15) is 0 Å². The summed E-state index contributed by atoms with van der Waals surface area (Å²) in [5.74, 6) is 1.66. The summed E-state index contributed by atoms with van der Waals surface area (Å²) >= 11 is 3.64. The monoisotopic (exact) mass is 217 g/mol. The molecule has 5 heteroatoms. The molecule has 3 N–H and O–H groups in total. The Kier molecular flexibility index (Phi) is 4.52. The molecule has 1 aromatic rings. The minimum absolute atomic E-state index is 0.335. The molecule has 0 radical (unpaired) electrons.